The fourth-order valence-corrected chi connectivity index (χ4v) is 4.65. The fourth-order valence-electron chi connectivity index (χ4n) is 4.65. The molecule has 0 aromatic carbocycles. The number of aliphatic hydroxyl groups is 1. The molecular formula is C18H32O3. The van der Waals surface area contributed by atoms with Crippen LogP contribution in [-0.2, 0) is 9.53 Å². The molecule has 2 aliphatic carbocycles. The van der Waals surface area contributed by atoms with Gasteiger partial charge in [0.25, 0.3) is 0 Å². The van der Waals surface area contributed by atoms with Crippen molar-refractivity contribution in [2.45, 2.75) is 84.2 Å². The van der Waals surface area contributed by atoms with Crippen molar-refractivity contribution < 1.29 is 14.6 Å². The van der Waals surface area contributed by atoms with Crippen LogP contribution in [0, 0.1) is 17.3 Å². The Morgan fingerprint density at radius 3 is 2.67 bits per heavy atom. The van der Waals surface area contributed by atoms with Crippen molar-refractivity contribution >= 4 is 5.97 Å². The molecule has 2 aliphatic rings. The molecule has 1 N–H and O–H groups in total. The Bertz CT molecular complexity index is 358. The largest absolute Gasteiger partial charge is 0.460 e. The quantitative estimate of drug-likeness (QED) is 0.778. The molecule has 1 unspecified atom stereocenters. The first-order valence-corrected chi connectivity index (χ1v) is 8.70. The molecule has 3 atom stereocenters. The minimum Gasteiger partial charge on any atom is -0.460 e. The lowest BCUT2D eigenvalue weighted by molar-refractivity contribution is -0.155. The first-order valence-electron chi connectivity index (χ1n) is 8.70. The third-order valence-corrected chi connectivity index (χ3v) is 5.58. The number of carbonyl (C=O) groups is 1. The van der Waals surface area contributed by atoms with Gasteiger partial charge >= 0.3 is 5.97 Å². The van der Waals surface area contributed by atoms with E-state index < -0.39 is 0 Å². The Kier molecular flexibility index (Phi) is 5.34. The Balaban J connectivity index is 1.82. The average Bonchev–Trinajstić information content (AvgIpc) is 2.76. The molecule has 0 amide bonds. The summed E-state index contributed by atoms with van der Waals surface area (Å²) in [7, 11) is 0. The number of aliphatic hydroxyl groups excluding tert-OH is 1. The second kappa shape index (κ2) is 6.68. The highest BCUT2D eigenvalue weighted by atomic mass is 16.6. The molecule has 0 saturated heterocycles. The summed E-state index contributed by atoms with van der Waals surface area (Å²) in [6.07, 6.45) is 10.1. The van der Waals surface area contributed by atoms with E-state index in [1.807, 2.05) is 20.8 Å². The highest BCUT2D eigenvalue weighted by molar-refractivity contribution is 5.69. The second-order valence-electron chi connectivity index (χ2n) is 8.09. The molecule has 3 nitrogen and oxygen atoms in total. The molecule has 2 rings (SSSR count). The minimum atomic E-state index is -0.384. The van der Waals surface area contributed by atoms with Gasteiger partial charge in [0.2, 0.25) is 0 Å². The Morgan fingerprint density at radius 2 is 2.00 bits per heavy atom. The highest BCUT2D eigenvalue weighted by Crippen LogP contribution is 2.56. The van der Waals surface area contributed by atoms with Gasteiger partial charge in [-0.3, -0.25) is 4.79 Å². The summed E-state index contributed by atoms with van der Waals surface area (Å²) in [4.78, 5) is 11.8. The van der Waals surface area contributed by atoms with Gasteiger partial charge in [-0.25, -0.2) is 0 Å². The molecule has 122 valence electrons. The summed E-state index contributed by atoms with van der Waals surface area (Å²) in [5.41, 5.74) is -0.211. The molecule has 0 radical (unpaired) electrons. The van der Waals surface area contributed by atoms with Crippen molar-refractivity contribution in [3.8, 4) is 0 Å². The molecule has 0 aromatic heterocycles. The lowest BCUT2D eigenvalue weighted by Gasteiger charge is -2.42. The van der Waals surface area contributed by atoms with Crippen LogP contribution in [0.5, 0.6) is 0 Å². The van der Waals surface area contributed by atoms with Crippen LogP contribution >= 0.6 is 0 Å². The standard InChI is InChI=1S/C18H32O3/c1-17(2,3)21-16(20)9-6-8-15-11-10-14-7-4-5-12-18(14,15)13-19/h14-15,19H,4-13H2,1-3H3/t14-,15?,18+/m0/s1. The highest BCUT2D eigenvalue weighted by Gasteiger charge is 2.49. The van der Waals surface area contributed by atoms with Crippen LogP contribution in [0.15, 0.2) is 0 Å². The molecule has 0 aromatic rings. The van der Waals surface area contributed by atoms with Crippen LogP contribution in [0.2, 0.25) is 0 Å². The molecule has 3 heteroatoms. The van der Waals surface area contributed by atoms with Crippen LogP contribution in [0.25, 0.3) is 0 Å². The molecule has 0 spiro atoms. The molecule has 2 fully saturated rings. The van der Waals surface area contributed by atoms with Crippen LogP contribution in [-0.4, -0.2) is 23.3 Å². The van der Waals surface area contributed by atoms with Gasteiger partial charge in [0, 0.05) is 13.0 Å². The zero-order valence-corrected chi connectivity index (χ0v) is 14.0. The van der Waals surface area contributed by atoms with E-state index in [-0.39, 0.29) is 17.0 Å². The molecule has 0 heterocycles. The number of rotatable bonds is 5. The predicted octanol–water partition coefficient (Wildman–Crippen LogP) is 4.08. The van der Waals surface area contributed by atoms with Crippen LogP contribution in [0.3, 0.4) is 0 Å². The number of esters is 1. The third kappa shape index (κ3) is 4.00. The van der Waals surface area contributed by atoms with Crippen LogP contribution in [0.4, 0.5) is 0 Å². The Labute approximate surface area is 129 Å². The zero-order valence-electron chi connectivity index (χ0n) is 14.0. The Morgan fingerprint density at radius 1 is 1.24 bits per heavy atom. The number of carbonyl (C=O) groups excluding carboxylic acids is 1. The molecular weight excluding hydrogens is 264 g/mol. The second-order valence-corrected chi connectivity index (χ2v) is 8.09. The van der Waals surface area contributed by atoms with E-state index in [9.17, 15) is 9.90 Å². The van der Waals surface area contributed by atoms with Crippen molar-refractivity contribution in [1.29, 1.82) is 0 Å². The van der Waals surface area contributed by atoms with Crippen molar-refractivity contribution in [2.75, 3.05) is 6.61 Å². The van der Waals surface area contributed by atoms with Crippen LogP contribution in [0.1, 0.15) is 78.6 Å². The summed E-state index contributed by atoms with van der Waals surface area (Å²) in [6.45, 7) is 6.08. The SMILES string of the molecule is CC(C)(C)OC(=O)CCCC1CC[C@@H]2CCCC[C@]12CO. The molecule has 0 aliphatic heterocycles. The van der Waals surface area contributed by atoms with Gasteiger partial charge in [0.15, 0.2) is 0 Å². The summed E-state index contributed by atoms with van der Waals surface area (Å²) >= 11 is 0. The van der Waals surface area contributed by atoms with Gasteiger partial charge < -0.3 is 9.84 Å². The predicted molar refractivity (Wildman–Crippen MR) is 83.9 cm³/mol. The number of hydrogen-bond acceptors (Lipinski definition) is 3. The smallest absolute Gasteiger partial charge is 0.306 e. The van der Waals surface area contributed by atoms with E-state index in [1.54, 1.807) is 0 Å². The van der Waals surface area contributed by atoms with Gasteiger partial charge in [0.1, 0.15) is 5.60 Å². The van der Waals surface area contributed by atoms with Gasteiger partial charge in [-0.15, -0.1) is 0 Å². The third-order valence-electron chi connectivity index (χ3n) is 5.58. The topological polar surface area (TPSA) is 46.5 Å². The Hall–Kier alpha value is -0.570. The van der Waals surface area contributed by atoms with Crippen molar-refractivity contribution in [2.24, 2.45) is 17.3 Å². The fraction of sp³-hybridized carbons (Fsp3) is 0.944. The van der Waals surface area contributed by atoms with Gasteiger partial charge in [-0.2, -0.15) is 0 Å². The van der Waals surface area contributed by atoms with E-state index in [1.165, 1.54) is 38.5 Å². The average molecular weight is 296 g/mol. The summed E-state index contributed by atoms with van der Waals surface area (Å²) in [5.74, 6) is 1.25. The normalized spacial score (nSPS) is 32.8. The van der Waals surface area contributed by atoms with Gasteiger partial charge in [-0.1, -0.05) is 12.8 Å². The minimum absolute atomic E-state index is 0.0845. The summed E-state index contributed by atoms with van der Waals surface area (Å²) in [6, 6.07) is 0. The van der Waals surface area contributed by atoms with Crippen molar-refractivity contribution in [3.05, 3.63) is 0 Å². The van der Waals surface area contributed by atoms with E-state index in [4.69, 9.17) is 4.74 Å². The van der Waals surface area contributed by atoms with E-state index in [2.05, 4.69) is 0 Å². The maximum atomic E-state index is 11.8. The van der Waals surface area contributed by atoms with Crippen molar-refractivity contribution in [1.82, 2.24) is 0 Å². The molecule has 2 saturated carbocycles. The zero-order chi connectivity index (χ0) is 15.5. The van der Waals surface area contributed by atoms with E-state index >= 15 is 0 Å². The lowest BCUT2D eigenvalue weighted by atomic mass is 9.63. The lowest BCUT2D eigenvalue weighted by Crippen LogP contribution is -2.38. The number of hydrogen-bond donors (Lipinski definition) is 1. The van der Waals surface area contributed by atoms with Gasteiger partial charge in [-0.05, 0) is 76.5 Å². The number of fused-ring (bicyclic) bond motifs is 1. The molecule has 21 heavy (non-hydrogen) atoms. The first-order chi connectivity index (χ1) is 9.87. The van der Waals surface area contributed by atoms with Crippen molar-refractivity contribution in [3.63, 3.8) is 0 Å². The van der Waals surface area contributed by atoms with Crippen LogP contribution < -0.4 is 0 Å². The monoisotopic (exact) mass is 296 g/mol. The summed E-state index contributed by atoms with van der Waals surface area (Å²) < 4.78 is 5.37. The first kappa shape index (κ1) is 16.8. The molecule has 0 bridgehead atoms. The summed E-state index contributed by atoms with van der Waals surface area (Å²) in [5, 5.41) is 9.99. The maximum Gasteiger partial charge on any atom is 0.306 e. The maximum absolute atomic E-state index is 11.8. The van der Waals surface area contributed by atoms with E-state index in [0.717, 1.165) is 18.8 Å². The number of ether oxygens (including phenoxy) is 1. The van der Waals surface area contributed by atoms with Gasteiger partial charge in [0.05, 0.1) is 0 Å². The van der Waals surface area contributed by atoms with E-state index in [0.29, 0.717) is 18.9 Å².